The van der Waals surface area contributed by atoms with Gasteiger partial charge in [-0.1, -0.05) is 12.1 Å². The molecule has 0 spiro atoms. The number of carbonyl (C=O) groups excluding carboxylic acids is 1. The highest BCUT2D eigenvalue weighted by Crippen LogP contribution is 2.22. The molecule has 158 valence electrons. The van der Waals surface area contributed by atoms with E-state index < -0.39 is 10.0 Å². The second-order valence-corrected chi connectivity index (χ2v) is 9.24. The first kappa shape index (κ1) is 20.4. The number of aromatic amines is 1. The number of nitrogens with zero attached hydrogens (tertiary/aromatic N) is 1. The molecule has 0 aliphatic carbocycles. The number of amides is 1. The first-order valence-electron chi connectivity index (χ1n) is 10.1. The van der Waals surface area contributed by atoms with Gasteiger partial charge in [0, 0.05) is 36.6 Å². The Morgan fingerprint density at radius 1 is 1.10 bits per heavy atom. The van der Waals surface area contributed by atoms with E-state index in [9.17, 15) is 13.2 Å². The number of ether oxygens (including phenoxy) is 1. The van der Waals surface area contributed by atoms with Crippen LogP contribution in [0, 0.1) is 0 Å². The Kier molecular flexibility index (Phi) is 5.78. The number of hydrogen-bond donors (Lipinski definition) is 2. The Morgan fingerprint density at radius 2 is 1.83 bits per heavy atom. The summed E-state index contributed by atoms with van der Waals surface area (Å²) in [4.78, 5) is 15.9. The molecule has 3 aromatic rings. The van der Waals surface area contributed by atoms with E-state index in [0.717, 1.165) is 35.1 Å². The third kappa shape index (κ3) is 4.20. The molecular formula is C22H25N3O4S. The largest absolute Gasteiger partial charge is 0.494 e. The SMILES string of the molecule is CCOc1ccc2cc(C(=O)NCc3ccc(S(=O)(=O)N4CCCC4)cc3)[nH]c2c1. The van der Waals surface area contributed by atoms with Crippen molar-refractivity contribution in [3.8, 4) is 5.75 Å². The molecule has 1 fully saturated rings. The Labute approximate surface area is 176 Å². The maximum atomic E-state index is 12.6. The molecule has 8 heteroatoms. The van der Waals surface area contributed by atoms with Crippen LogP contribution in [-0.2, 0) is 16.6 Å². The molecule has 2 N–H and O–H groups in total. The van der Waals surface area contributed by atoms with E-state index >= 15 is 0 Å². The third-order valence-corrected chi connectivity index (χ3v) is 7.14. The summed E-state index contributed by atoms with van der Waals surface area (Å²) in [6.45, 7) is 3.97. The number of nitrogens with one attached hydrogen (secondary N) is 2. The van der Waals surface area contributed by atoms with E-state index in [2.05, 4.69) is 10.3 Å². The highest BCUT2D eigenvalue weighted by atomic mass is 32.2. The van der Waals surface area contributed by atoms with Crippen molar-refractivity contribution in [3.63, 3.8) is 0 Å². The minimum absolute atomic E-state index is 0.224. The summed E-state index contributed by atoms with van der Waals surface area (Å²) in [5.41, 5.74) is 2.13. The lowest BCUT2D eigenvalue weighted by atomic mass is 10.2. The molecule has 1 aliphatic heterocycles. The Morgan fingerprint density at radius 3 is 2.53 bits per heavy atom. The van der Waals surface area contributed by atoms with Crippen molar-refractivity contribution in [2.45, 2.75) is 31.2 Å². The van der Waals surface area contributed by atoms with Crippen molar-refractivity contribution in [2.24, 2.45) is 0 Å². The lowest BCUT2D eigenvalue weighted by Crippen LogP contribution is -2.28. The number of fused-ring (bicyclic) bond motifs is 1. The minimum atomic E-state index is -3.42. The predicted molar refractivity (Wildman–Crippen MR) is 115 cm³/mol. The van der Waals surface area contributed by atoms with Gasteiger partial charge in [0.25, 0.3) is 5.91 Å². The first-order valence-corrected chi connectivity index (χ1v) is 11.5. The van der Waals surface area contributed by atoms with Gasteiger partial charge in [0.15, 0.2) is 0 Å². The normalized spacial score (nSPS) is 14.8. The second kappa shape index (κ2) is 8.49. The van der Waals surface area contributed by atoms with Gasteiger partial charge in [0.05, 0.1) is 11.5 Å². The maximum Gasteiger partial charge on any atom is 0.267 e. The number of benzene rings is 2. The quantitative estimate of drug-likeness (QED) is 0.605. The van der Waals surface area contributed by atoms with Crippen LogP contribution in [0.3, 0.4) is 0 Å². The summed E-state index contributed by atoms with van der Waals surface area (Å²) in [5, 5.41) is 3.80. The molecule has 2 aromatic carbocycles. The predicted octanol–water partition coefficient (Wildman–Crippen LogP) is 3.28. The van der Waals surface area contributed by atoms with Gasteiger partial charge in [-0.15, -0.1) is 0 Å². The van der Waals surface area contributed by atoms with Crippen molar-refractivity contribution in [1.82, 2.24) is 14.6 Å². The number of carbonyl (C=O) groups is 1. The molecule has 7 nitrogen and oxygen atoms in total. The van der Waals surface area contributed by atoms with Crippen molar-refractivity contribution in [1.29, 1.82) is 0 Å². The Hall–Kier alpha value is -2.84. The summed E-state index contributed by atoms with van der Waals surface area (Å²) in [7, 11) is -3.42. The molecule has 0 radical (unpaired) electrons. The van der Waals surface area contributed by atoms with E-state index in [1.54, 1.807) is 30.3 Å². The van der Waals surface area contributed by atoms with E-state index in [-0.39, 0.29) is 5.91 Å². The maximum absolute atomic E-state index is 12.6. The van der Waals surface area contributed by atoms with Crippen molar-refractivity contribution in [2.75, 3.05) is 19.7 Å². The second-order valence-electron chi connectivity index (χ2n) is 7.30. The van der Waals surface area contributed by atoms with Crippen LogP contribution in [0.4, 0.5) is 0 Å². The van der Waals surface area contributed by atoms with Crippen molar-refractivity contribution >= 4 is 26.8 Å². The fourth-order valence-electron chi connectivity index (χ4n) is 3.62. The van der Waals surface area contributed by atoms with Crippen LogP contribution in [0.25, 0.3) is 10.9 Å². The zero-order valence-corrected chi connectivity index (χ0v) is 17.7. The highest BCUT2D eigenvalue weighted by Gasteiger charge is 2.26. The average molecular weight is 428 g/mol. The van der Waals surface area contributed by atoms with Gasteiger partial charge < -0.3 is 15.0 Å². The molecule has 1 aliphatic rings. The molecule has 0 saturated carbocycles. The fourth-order valence-corrected chi connectivity index (χ4v) is 5.14. The number of hydrogen-bond acceptors (Lipinski definition) is 4. The van der Waals surface area contributed by atoms with Crippen LogP contribution in [0.15, 0.2) is 53.4 Å². The first-order chi connectivity index (χ1) is 14.5. The lowest BCUT2D eigenvalue weighted by molar-refractivity contribution is 0.0946. The molecule has 4 rings (SSSR count). The van der Waals surface area contributed by atoms with Crippen molar-refractivity contribution in [3.05, 3.63) is 59.8 Å². The van der Waals surface area contributed by atoms with E-state index in [1.165, 1.54) is 4.31 Å². The molecule has 2 heterocycles. The summed E-state index contributed by atoms with van der Waals surface area (Å²) in [6, 6.07) is 14.1. The Balaban J connectivity index is 1.40. The third-order valence-electron chi connectivity index (χ3n) is 5.23. The van der Waals surface area contributed by atoms with Gasteiger partial charge in [0.2, 0.25) is 10.0 Å². The van der Waals surface area contributed by atoms with E-state index in [1.807, 2.05) is 25.1 Å². The molecule has 1 amide bonds. The van der Waals surface area contributed by atoms with Crippen molar-refractivity contribution < 1.29 is 17.9 Å². The molecule has 1 aromatic heterocycles. The van der Waals surface area contributed by atoms with Crippen LogP contribution in [-0.4, -0.2) is 43.3 Å². The van der Waals surface area contributed by atoms with Crippen LogP contribution in [0.5, 0.6) is 5.75 Å². The standard InChI is InChI=1S/C22H25N3O4S/c1-2-29-18-8-7-17-13-21(24-20(17)14-18)22(26)23-15-16-5-9-19(10-6-16)30(27,28)25-11-3-4-12-25/h5-10,13-14,24H,2-4,11-12,15H2,1H3,(H,23,26). The van der Waals surface area contributed by atoms with Gasteiger partial charge in [-0.05, 0) is 55.7 Å². The Bertz CT molecular complexity index is 1150. The zero-order valence-electron chi connectivity index (χ0n) is 16.8. The minimum Gasteiger partial charge on any atom is -0.494 e. The summed E-state index contributed by atoms with van der Waals surface area (Å²) in [6.07, 6.45) is 1.81. The zero-order chi connectivity index (χ0) is 21.1. The van der Waals surface area contributed by atoms with Gasteiger partial charge >= 0.3 is 0 Å². The van der Waals surface area contributed by atoms with Gasteiger partial charge in [-0.2, -0.15) is 4.31 Å². The molecule has 1 saturated heterocycles. The number of sulfonamides is 1. The van der Waals surface area contributed by atoms with Crippen LogP contribution in [0.1, 0.15) is 35.8 Å². The summed E-state index contributed by atoms with van der Waals surface area (Å²) >= 11 is 0. The van der Waals surface area contributed by atoms with Gasteiger partial charge in [0.1, 0.15) is 11.4 Å². The number of aromatic nitrogens is 1. The smallest absolute Gasteiger partial charge is 0.267 e. The van der Waals surface area contributed by atoms with Crippen LogP contribution in [0.2, 0.25) is 0 Å². The molecular weight excluding hydrogens is 402 g/mol. The number of H-pyrrole nitrogens is 1. The van der Waals surface area contributed by atoms with Gasteiger partial charge in [-0.3, -0.25) is 4.79 Å². The summed E-state index contributed by atoms with van der Waals surface area (Å²) < 4.78 is 32.2. The monoisotopic (exact) mass is 427 g/mol. The van der Waals surface area contributed by atoms with E-state index in [4.69, 9.17) is 4.74 Å². The van der Waals surface area contributed by atoms with Crippen LogP contribution >= 0.6 is 0 Å². The highest BCUT2D eigenvalue weighted by molar-refractivity contribution is 7.89. The lowest BCUT2D eigenvalue weighted by Gasteiger charge is -2.15. The summed E-state index contributed by atoms with van der Waals surface area (Å²) in [5.74, 6) is 0.528. The van der Waals surface area contributed by atoms with Gasteiger partial charge in [-0.25, -0.2) is 8.42 Å². The molecule has 0 atom stereocenters. The molecule has 0 bridgehead atoms. The topological polar surface area (TPSA) is 91.5 Å². The molecule has 0 unspecified atom stereocenters. The molecule has 30 heavy (non-hydrogen) atoms. The average Bonchev–Trinajstić information content (AvgIpc) is 3.42. The van der Waals surface area contributed by atoms with Crippen LogP contribution < -0.4 is 10.1 Å². The fraction of sp³-hybridized carbons (Fsp3) is 0.318. The number of rotatable bonds is 7. The van der Waals surface area contributed by atoms with E-state index in [0.29, 0.717) is 36.8 Å².